The Morgan fingerprint density at radius 2 is 2.06 bits per heavy atom. The molecule has 3 nitrogen and oxygen atoms in total. The zero-order valence-electron chi connectivity index (χ0n) is 11.8. The highest BCUT2D eigenvalue weighted by molar-refractivity contribution is 5.81. The molecule has 0 radical (unpaired) electrons. The summed E-state index contributed by atoms with van der Waals surface area (Å²) in [7, 11) is 0. The van der Waals surface area contributed by atoms with Crippen LogP contribution in [0, 0.1) is 12.8 Å². The Kier molecular flexibility index (Phi) is 3.60. The van der Waals surface area contributed by atoms with Crippen LogP contribution in [0.2, 0.25) is 0 Å². The number of hydrogen-bond donors (Lipinski definition) is 1. The van der Waals surface area contributed by atoms with Gasteiger partial charge in [0.25, 0.3) is 0 Å². The smallest absolute Gasteiger partial charge is 0.201 e. The average Bonchev–Trinajstić information content (AvgIpc) is 2.66. The lowest BCUT2D eigenvalue weighted by Gasteiger charge is -2.20. The Morgan fingerprint density at radius 1 is 1.33 bits per heavy atom. The number of fused-ring (bicyclic) bond motifs is 1. The Labute approximate surface area is 109 Å². The summed E-state index contributed by atoms with van der Waals surface area (Å²) < 4.78 is 2.19. The summed E-state index contributed by atoms with van der Waals surface area (Å²) in [5, 5.41) is 0. The molecule has 0 amide bonds. The molecule has 0 aliphatic heterocycles. The molecule has 1 aromatic carbocycles. The summed E-state index contributed by atoms with van der Waals surface area (Å²) in [6.45, 7) is 8.88. The van der Waals surface area contributed by atoms with Gasteiger partial charge in [-0.1, -0.05) is 32.4 Å². The van der Waals surface area contributed by atoms with Crippen molar-refractivity contribution in [1.82, 2.24) is 9.55 Å². The summed E-state index contributed by atoms with van der Waals surface area (Å²) in [5.41, 5.74) is 9.52. The van der Waals surface area contributed by atoms with Crippen LogP contribution in [0.25, 0.3) is 11.0 Å². The van der Waals surface area contributed by atoms with Gasteiger partial charge in [0, 0.05) is 6.04 Å². The highest BCUT2D eigenvalue weighted by atomic mass is 15.2. The number of para-hydroxylation sites is 1. The van der Waals surface area contributed by atoms with Gasteiger partial charge in [-0.05, 0) is 37.8 Å². The standard InChI is InChI=1S/C15H23N3/c1-5-10(2)9-12(4)18-14-11(3)7-6-8-13(14)17-15(18)16/h6-8,10,12H,5,9H2,1-4H3,(H2,16,17). The van der Waals surface area contributed by atoms with Crippen molar-refractivity contribution in [2.24, 2.45) is 5.92 Å². The minimum atomic E-state index is 0.394. The first-order valence-corrected chi connectivity index (χ1v) is 6.77. The molecule has 2 rings (SSSR count). The van der Waals surface area contributed by atoms with Crippen molar-refractivity contribution in [1.29, 1.82) is 0 Å². The van der Waals surface area contributed by atoms with Crippen molar-refractivity contribution in [3.63, 3.8) is 0 Å². The van der Waals surface area contributed by atoms with Crippen molar-refractivity contribution in [2.45, 2.75) is 46.6 Å². The summed E-state index contributed by atoms with van der Waals surface area (Å²) in [4.78, 5) is 4.47. The molecule has 2 aromatic rings. The van der Waals surface area contributed by atoms with Gasteiger partial charge in [0.1, 0.15) is 0 Å². The van der Waals surface area contributed by atoms with E-state index >= 15 is 0 Å². The Balaban J connectivity index is 2.46. The highest BCUT2D eigenvalue weighted by Gasteiger charge is 2.16. The third kappa shape index (κ3) is 2.22. The molecule has 98 valence electrons. The van der Waals surface area contributed by atoms with Crippen LogP contribution in [0.15, 0.2) is 18.2 Å². The van der Waals surface area contributed by atoms with Crippen LogP contribution in [0.4, 0.5) is 5.95 Å². The predicted octanol–water partition coefficient (Wildman–Crippen LogP) is 3.92. The van der Waals surface area contributed by atoms with E-state index in [-0.39, 0.29) is 0 Å². The van der Waals surface area contributed by atoms with E-state index in [1.54, 1.807) is 0 Å². The Hall–Kier alpha value is -1.51. The lowest BCUT2D eigenvalue weighted by atomic mass is 10.00. The molecule has 0 aliphatic carbocycles. The molecule has 2 unspecified atom stereocenters. The van der Waals surface area contributed by atoms with Gasteiger partial charge in [0.2, 0.25) is 5.95 Å². The molecule has 0 aliphatic rings. The molecule has 2 N–H and O–H groups in total. The van der Waals surface area contributed by atoms with E-state index in [1.165, 1.54) is 17.5 Å². The van der Waals surface area contributed by atoms with E-state index < -0.39 is 0 Å². The molecule has 2 atom stereocenters. The van der Waals surface area contributed by atoms with Gasteiger partial charge in [-0.15, -0.1) is 0 Å². The topological polar surface area (TPSA) is 43.8 Å². The molecule has 0 bridgehead atoms. The van der Waals surface area contributed by atoms with E-state index in [4.69, 9.17) is 5.73 Å². The average molecular weight is 245 g/mol. The van der Waals surface area contributed by atoms with Crippen LogP contribution in [0.1, 0.15) is 45.2 Å². The number of nitrogen functional groups attached to an aromatic ring is 1. The molecule has 0 fully saturated rings. The molecule has 3 heteroatoms. The van der Waals surface area contributed by atoms with E-state index in [0.29, 0.717) is 17.9 Å². The molecule has 1 heterocycles. The molecule has 0 spiro atoms. The monoisotopic (exact) mass is 245 g/mol. The third-order valence-electron chi connectivity index (χ3n) is 3.82. The van der Waals surface area contributed by atoms with Crippen LogP contribution in [0.5, 0.6) is 0 Å². The van der Waals surface area contributed by atoms with Gasteiger partial charge in [0.15, 0.2) is 0 Å². The maximum absolute atomic E-state index is 6.09. The van der Waals surface area contributed by atoms with Gasteiger partial charge >= 0.3 is 0 Å². The van der Waals surface area contributed by atoms with Gasteiger partial charge in [0.05, 0.1) is 11.0 Å². The van der Waals surface area contributed by atoms with E-state index in [1.807, 2.05) is 12.1 Å². The fourth-order valence-corrected chi connectivity index (χ4v) is 2.64. The number of imidazole rings is 1. The quantitative estimate of drug-likeness (QED) is 0.887. The number of hydrogen-bond acceptors (Lipinski definition) is 2. The first-order valence-electron chi connectivity index (χ1n) is 6.77. The van der Waals surface area contributed by atoms with Gasteiger partial charge < -0.3 is 10.3 Å². The second-order valence-electron chi connectivity index (χ2n) is 5.38. The minimum absolute atomic E-state index is 0.394. The Morgan fingerprint density at radius 3 is 2.72 bits per heavy atom. The molecular weight excluding hydrogens is 222 g/mol. The fourth-order valence-electron chi connectivity index (χ4n) is 2.64. The predicted molar refractivity (Wildman–Crippen MR) is 77.7 cm³/mol. The zero-order valence-corrected chi connectivity index (χ0v) is 11.8. The van der Waals surface area contributed by atoms with Crippen molar-refractivity contribution < 1.29 is 0 Å². The maximum atomic E-state index is 6.09. The molecule has 0 saturated carbocycles. The van der Waals surface area contributed by atoms with E-state index in [9.17, 15) is 0 Å². The SMILES string of the molecule is CCC(C)CC(C)n1c(N)nc2cccc(C)c21. The molecule has 18 heavy (non-hydrogen) atoms. The minimum Gasteiger partial charge on any atom is -0.369 e. The highest BCUT2D eigenvalue weighted by Crippen LogP contribution is 2.29. The van der Waals surface area contributed by atoms with Crippen molar-refractivity contribution in [2.75, 3.05) is 5.73 Å². The first-order chi connectivity index (χ1) is 8.54. The lowest BCUT2D eigenvalue weighted by Crippen LogP contribution is -2.12. The number of aromatic nitrogens is 2. The summed E-state index contributed by atoms with van der Waals surface area (Å²) in [6, 6.07) is 6.58. The normalized spacial score (nSPS) is 14.9. The van der Waals surface area contributed by atoms with Gasteiger partial charge in [-0.2, -0.15) is 0 Å². The second kappa shape index (κ2) is 5.01. The number of anilines is 1. The zero-order chi connectivity index (χ0) is 13.3. The van der Waals surface area contributed by atoms with Crippen molar-refractivity contribution in [3.05, 3.63) is 23.8 Å². The maximum Gasteiger partial charge on any atom is 0.201 e. The van der Waals surface area contributed by atoms with Gasteiger partial charge in [-0.25, -0.2) is 4.98 Å². The van der Waals surface area contributed by atoms with E-state index in [2.05, 4.69) is 43.3 Å². The van der Waals surface area contributed by atoms with Crippen LogP contribution >= 0.6 is 0 Å². The number of aryl methyl sites for hydroxylation is 1. The lowest BCUT2D eigenvalue weighted by molar-refractivity contribution is 0.407. The fraction of sp³-hybridized carbons (Fsp3) is 0.533. The number of benzene rings is 1. The van der Waals surface area contributed by atoms with Crippen LogP contribution < -0.4 is 5.73 Å². The van der Waals surface area contributed by atoms with E-state index in [0.717, 1.165) is 11.9 Å². The number of nitrogens with two attached hydrogens (primary N) is 1. The third-order valence-corrected chi connectivity index (χ3v) is 3.82. The van der Waals surface area contributed by atoms with Crippen LogP contribution in [0.3, 0.4) is 0 Å². The summed E-state index contributed by atoms with van der Waals surface area (Å²) >= 11 is 0. The number of rotatable bonds is 4. The molecular formula is C15H23N3. The molecule has 0 saturated heterocycles. The second-order valence-corrected chi connectivity index (χ2v) is 5.38. The largest absolute Gasteiger partial charge is 0.369 e. The van der Waals surface area contributed by atoms with Gasteiger partial charge in [-0.3, -0.25) is 0 Å². The Bertz CT molecular complexity index is 542. The number of nitrogens with zero attached hydrogens (tertiary/aromatic N) is 2. The van der Waals surface area contributed by atoms with Crippen molar-refractivity contribution in [3.8, 4) is 0 Å². The summed E-state index contributed by atoms with van der Waals surface area (Å²) in [5.74, 6) is 1.34. The summed E-state index contributed by atoms with van der Waals surface area (Å²) in [6.07, 6.45) is 2.34. The van der Waals surface area contributed by atoms with Crippen molar-refractivity contribution >= 4 is 17.0 Å². The van der Waals surface area contributed by atoms with Crippen LogP contribution in [-0.4, -0.2) is 9.55 Å². The molecule has 1 aromatic heterocycles. The van der Waals surface area contributed by atoms with Crippen LogP contribution in [-0.2, 0) is 0 Å². The first kappa shape index (κ1) is 12.9.